The van der Waals surface area contributed by atoms with Gasteiger partial charge in [0.2, 0.25) is 0 Å². The fraction of sp³-hybridized carbons (Fsp3) is 0.667. The van der Waals surface area contributed by atoms with Crippen LogP contribution >= 0.6 is 12.2 Å². The standard InChI is InChI=1S/C9H15F2NOS/c1-7(8(10)11)5-4-6-13-9(14)12(2)3/h4-6H2,1-3H3. The topological polar surface area (TPSA) is 12.5 Å². The highest BCUT2D eigenvalue weighted by Gasteiger charge is 2.02. The Labute approximate surface area is 88.5 Å². The van der Waals surface area contributed by atoms with Crippen molar-refractivity contribution in [1.29, 1.82) is 0 Å². The van der Waals surface area contributed by atoms with Crippen molar-refractivity contribution >= 4 is 17.4 Å². The number of rotatable bonds is 4. The van der Waals surface area contributed by atoms with Crippen LogP contribution in [0.25, 0.3) is 0 Å². The molecule has 0 aliphatic carbocycles. The summed E-state index contributed by atoms with van der Waals surface area (Å²) in [5.74, 6) is 0. The molecule has 0 N–H and O–H groups in total. The third-order valence-electron chi connectivity index (χ3n) is 1.61. The van der Waals surface area contributed by atoms with E-state index < -0.39 is 6.08 Å². The molecule has 14 heavy (non-hydrogen) atoms. The molecule has 2 nitrogen and oxygen atoms in total. The van der Waals surface area contributed by atoms with Crippen LogP contribution < -0.4 is 0 Å². The Morgan fingerprint density at radius 2 is 1.93 bits per heavy atom. The van der Waals surface area contributed by atoms with Crippen molar-refractivity contribution in [3.05, 3.63) is 11.7 Å². The summed E-state index contributed by atoms with van der Waals surface area (Å²) in [5.41, 5.74) is 0.115. The lowest BCUT2D eigenvalue weighted by Gasteiger charge is -2.14. The van der Waals surface area contributed by atoms with E-state index in [0.29, 0.717) is 24.6 Å². The van der Waals surface area contributed by atoms with Gasteiger partial charge in [0.15, 0.2) is 0 Å². The monoisotopic (exact) mass is 223 g/mol. The van der Waals surface area contributed by atoms with Gasteiger partial charge in [0.1, 0.15) is 0 Å². The van der Waals surface area contributed by atoms with E-state index in [-0.39, 0.29) is 5.57 Å². The summed E-state index contributed by atoms with van der Waals surface area (Å²) in [6.45, 7) is 1.79. The summed E-state index contributed by atoms with van der Waals surface area (Å²) in [6.07, 6.45) is -0.699. The third-order valence-corrected chi connectivity index (χ3v) is 2.09. The normalized spacial score (nSPS) is 9.50. The minimum atomic E-state index is -1.60. The van der Waals surface area contributed by atoms with E-state index in [4.69, 9.17) is 17.0 Å². The van der Waals surface area contributed by atoms with Crippen molar-refractivity contribution in [1.82, 2.24) is 4.90 Å². The molecule has 0 aromatic rings. The number of halogens is 2. The maximum Gasteiger partial charge on any atom is 0.269 e. The van der Waals surface area contributed by atoms with E-state index in [1.807, 2.05) is 0 Å². The van der Waals surface area contributed by atoms with Crippen molar-refractivity contribution in [3.63, 3.8) is 0 Å². The molecule has 5 heteroatoms. The first-order chi connectivity index (χ1) is 6.45. The van der Waals surface area contributed by atoms with Crippen LogP contribution in [0.15, 0.2) is 11.7 Å². The third kappa shape index (κ3) is 5.85. The van der Waals surface area contributed by atoms with Gasteiger partial charge in [0.25, 0.3) is 11.3 Å². The van der Waals surface area contributed by atoms with Crippen molar-refractivity contribution in [2.75, 3.05) is 20.7 Å². The van der Waals surface area contributed by atoms with Crippen LogP contribution in [0.5, 0.6) is 0 Å². The van der Waals surface area contributed by atoms with E-state index in [9.17, 15) is 8.78 Å². The Morgan fingerprint density at radius 3 is 2.36 bits per heavy atom. The second-order valence-corrected chi connectivity index (χ2v) is 3.50. The summed E-state index contributed by atoms with van der Waals surface area (Å²) < 4.78 is 29.0. The zero-order valence-corrected chi connectivity index (χ0v) is 9.46. The van der Waals surface area contributed by atoms with Crippen molar-refractivity contribution in [2.24, 2.45) is 0 Å². The molecule has 0 bridgehead atoms. The molecule has 0 radical (unpaired) electrons. The molecule has 0 unspecified atom stereocenters. The van der Waals surface area contributed by atoms with Gasteiger partial charge in [-0.15, -0.1) is 0 Å². The Hall–Kier alpha value is -0.710. The predicted molar refractivity (Wildman–Crippen MR) is 56.4 cm³/mol. The summed E-state index contributed by atoms with van der Waals surface area (Å²) >= 11 is 4.85. The van der Waals surface area contributed by atoms with Crippen molar-refractivity contribution in [2.45, 2.75) is 19.8 Å². The second kappa shape index (κ2) is 6.70. The Morgan fingerprint density at radius 1 is 1.36 bits per heavy atom. The van der Waals surface area contributed by atoms with E-state index in [0.717, 1.165) is 0 Å². The average Bonchev–Trinajstić information content (AvgIpc) is 2.11. The van der Waals surface area contributed by atoms with Gasteiger partial charge in [0, 0.05) is 14.1 Å². The lowest BCUT2D eigenvalue weighted by molar-refractivity contribution is 0.263. The summed E-state index contributed by atoms with van der Waals surface area (Å²) in [5, 5.41) is 0.382. The zero-order valence-electron chi connectivity index (χ0n) is 8.64. The minimum absolute atomic E-state index is 0.115. The van der Waals surface area contributed by atoms with Gasteiger partial charge < -0.3 is 9.64 Å². The van der Waals surface area contributed by atoms with Gasteiger partial charge in [-0.3, -0.25) is 0 Å². The van der Waals surface area contributed by atoms with Crippen LogP contribution in [0.4, 0.5) is 8.78 Å². The van der Waals surface area contributed by atoms with Gasteiger partial charge in [-0.1, -0.05) is 0 Å². The second-order valence-electron chi connectivity index (χ2n) is 3.15. The average molecular weight is 223 g/mol. The van der Waals surface area contributed by atoms with Crippen LogP contribution in [-0.2, 0) is 4.74 Å². The Kier molecular flexibility index (Phi) is 6.36. The van der Waals surface area contributed by atoms with Gasteiger partial charge in [-0.2, -0.15) is 8.78 Å². The highest BCUT2D eigenvalue weighted by Crippen LogP contribution is 2.12. The molecule has 0 amide bonds. The smallest absolute Gasteiger partial charge is 0.269 e. The van der Waals surface area contributed by atoms with Crippen LogP contribution in [0.3, 0.4) is 0 Å². The lowest BCUT2D eigenvalue weighted by Crippen LogP contribution is -2.22. The quantitative estimate of drug-likeness (QED) is 0.537. The van der Waals surface area contributed by atoms with Crippen LogP contribution in [0, 0.1) is 0 Å². The van der Waals surface area contributed by atoms with E-state index in [1.54, 1.807) is 19.0 Å². The fourth-order valence-corrected chi connectivity index (χ4v) is 0.804. The maximum absolute atomic E-state index is 11.9. The molecule has 82 valence electrons. The van der Waals surface area contributed by atoms with Gasteiger partial charge in [0.05, 0.1) is 6.61 Å². The van der Waals surface area contributed by atoms with Crippen molar-refractivity contribution < 1.29 is 13.5 Å². The molecule has 0 heterocycles. The molecular weight excluding hydrogens is 208 g/mol. The highest BCUT2D eigenvalue weighted by atomic mass is 32.1. The first kappa shape index (κ1) is 13.3. The molecule has 0 saturated carbocycles. The molecular formula is C9H15F2NOS. The molecule has 0 atom stereocenters. The number of thiocarbonyl (C=S) groups is 1. The number of ether oxygens (including phenoxy) is 1. The lowest BCUT2D eigenvalue weighted by atomic mass is 10.2. The maximum atomic E-state index is 11.9. The predicted octanol–water partition coefficient (Wildman–Crippen LogP) is 2.80. The Balaban J connectivity index is 3.58. The first-order valence-corrected chi connectivity index (χ1v) is 4.70. The van der Waals surface area contributed by atoms with E-state index in [1.165, 1.54) is 6.92 Å². The van der Waals surface area contributed by atoms with Crippen LogP contribution in [-0.4, -0.2) is 30.8 Å². The molecule has 0 aromatic heterocycles. The summed E-state index contributed by atoms with van der Waals surface area (Å²) in [7, 11) is 3.55. The van der Waals surface area contributed by atoms with Gasteiger partial charge in [-0.25, -0.2) is 0 Å². The van der Waals surface area contributed by atoms with Gasteiger partial charge >= 0.3 is 0 Å². The Bertz CT molecular complexity index is 225. The molecule has 0 fully saturated rings. The first-order valence-electron chi connectivity index (χ1n) is 4.30. The number of nitrogens with zero attached hydrogens (tertiary/aromatic N) is 1. The molecule has 0 saturated heterocycles. The van der Waals surface area contributed by atoms with E-state index >= 15 is 0 Å². The summed E-state index contributed by atoms with van der Waals surface area (Å²) in [6, 6.07) is 0. The number of hydrogen-bond donors (Lipinski definition) is 0. The number of hydrogen-bond acceptors (Lipinski definition) is 2. The minimum Gasteiger partial charge on any atom is -0.471 e. The molecule has 0 rings (SSSR count). The van der Waals surface area contributed by atoms with E-state index in [2.05, 4.69) is 0 Å². The number of allylic oxidation sites excluding steroid dienone is 1. The molecule has 0 aromatic carbocycles. The zero-order chi connectivity index (χ0) is 11.1. The molecule has 0 aliphatic heterocycles. The molecule has 0 spiro atoms. The van der Waals surface area contributed by atoms with Crippen LogP contribution in [0.2, 0.25) is 0 Å². The largest absolute Gasteiger partial charge is 0.471 e. The van der Waals surface area contributed by atoms with Crippen molar-refractivity contribution in [3.8, 4) is 0 Å². The SMILES string of the molecule is CC(CCCOC(=S)N(C)C)=C(F)F. The van der Waals surface area contributed by atoms with Crippen LogP contribution in [0.1, 0.15) is 19.8 Å². The summed E-state index contributed by atoms with van der Waals surface area (Å²) in [4.78, 5) is 1.66. The highest BCUT2D eigenvalue weighted by molar-refractivity contribution is 7.80. The molecule has 0 aliphatic rings. The fourth-order valence-electron chi connectivity index (χ4n) is 0.720. The van der Waals surface area contributed by atoms with Gasteiger partial charge in [-0.05, 0) is 37.6 Å².